The van der Waals surface area contributed by atoms with E-state index in [4.69, 9.17) is 11.6 Å². The fraction of sp³-hybridized carbons (Fsp3) is 0. The lowest BCUT2D eigenvalue weighted by atomic mass is 10.1. The molecule has 2 N–H and O–H groups in total. The second-order valence-corrected chi connectivity index (χ2v) is 6.47. The number of amides is 2. The van der Waals surface area contributed by atoms with Crippen molar-refractivity contribution in [2.45, 2.75) is 0 Å². The number of non-ortho nitro benzene ring substituents is 1. The molecule has 0 saturated heterocycles. The Hall–Kier alpha value is -4.04. The molecule has 8 nitrogen and oxygen atoms in total. The molecule has 0 bridgehead atoms. The first-order valence-corrected chi connectivity index (χ1v) is 9.05. The van der Waals surface area contributed by atoms with E-state index in [2.05, 4.69) is 15.8 Å². The van der Waals surface area contributed by atoms with Crippen molar-refractivity contribution in [3.63, 3.8) is 0 Å². The van der Waals surface area contributed by atoms with Crippen molar-refractivity contribution in [1.82, 2.24) is 5.43 Å². The number of hydrazone groups is 1. The van der Waals surface area contributed by atoms with Gasteiger partial charge in [-0.2, -0.15) is 5.10 Å². The number of carbonyl (C=O) groups is 2. The standard InChI is InChI=1S/C21H15ClN4O4/c22-19-7-2-1-6-18(19)21(28)24-16-10-8-15(9-11-16)20(27)25-23-13-14-4-3-5-17(12-14)26(29)30/h1-13H,(H,24,28)(H,25,27)/b23-13+. The number of hydrogen-bond donors (Lipinski definition) is 2. The molecule has 0 aliphatic carbocycles. The molecule has 2 amide bonds. The molecule has 0 saturated carbocycles. The van der Waals surface area contributed by atoms with Crippen molar-refractivity contribution in [2.75, 3.05) is 5.32 Å². The van der Waals surface area contributed by atoms with Gasteiger partial charge in [0, 0.05) is 28.9 Å². The molecule has 0 atom stereocenters. The molecule has 0 radical (unpaired) electrons. The van der Waals surface area contributed by atoms with Gasteiger partial charge in [0.15, 0.2) is 0 Å². The van der Waals surface area contributed by atoms with E-state index in [1.165, 1.54) is 36.5 Å². The summed E-state index contributed by atoms with van der Waals surface area (Å²) in [6.45, 7) is 0. The number of nitro benzene ring substituents is 1. The second kappa shape index (κ2) is 9.44. The predicted molar refractivity (Wildman–Crippen MR) is 114 cm³/mol. The lowest BCUT2D eigenvalue weighted by Gasteiger charge is -2.07. The number of rotatable bonds is 6. The van der Waals surface area contributed by atoms with Gasteiger partial charge in [-0.1, -0.05) is 35.9 Å². The molecule has 3 aromatic rings. The highest BCUT2D eigenvalue weighted by molar-refractivity contribution is 6.34. The normalized spacial score (nSPS) is 10.6. The van der Waals surface area contributed by atoms with E-state index >= 15 is 0 Å². The first kappa shape index (κ1) is 20.7. The van der Waals surface area contributed by atoms with Crippen LogP contribution in [0.2, 0.25) is 5.02 Å². The average molecular weight is 423 g/mol. The number of anilines is 1. The van der Waals surface area contributed by atoms with Crippen LogP contribution < -0.4 is 10.7 Å². The van der Waals surface area contributed by atoms with Crippen molar-refractivity contribution >= 4 is 41.0 Å². The summed E-state index contributed by atoms with van der Waals surface area (Å²) < 4.78 is 0. The van der Waals surface area contributed by atoms with Gasteiger partial charge in [-0.25, -0.2) is 5.43 Å². The summed E-state index contributed by atoms with van der Waals surface area (Å²) in [7, 11) is 0. The first-order chi connectivity index (χ1) is 14.4. The molecule has 0 aromatic heterocycles. The highest BCUT2D eigenvalue weighted by atomic mass is 35.5. The lowest BCUT2D eigenvalue weighted by Crippen LogP contribution is -2.18. The zero-order valence-electron chi connectivity index (χ0n) is 15.4. The molecule has 0 aliphatic rings. The summed E-state index contributed by atoms with van der Waals surface area (Å²) in [5.41, 5.74) is 3.91. The zero-order valence-corrected chi connectivity index (χ0v) is 16.2. The highest BCUT2D eigenvalue weighted by Crippen LogP contribution is 2.17. The van der Waals surface area contributed by atoms with Gasteiger partial charge in [-0.3, -0.25) is 19.7 Å². The minimum absolute atomic E-state index is 0.0697. The fourth-order valence-corrected chi connectivity index (χ4v) is 2.72. The average Bonchev–Trinajstić information content (AvgIpc) is 2.74. The van der Waals surface area contributed by atoms with Crippen LogP contribution in [-0.2, 0) is 0 Å². The van der Waals surface area contributed by atoms with Crippen molar-refractivity contribution < 1.29 is 14.5 Å². The molecule has 30 heavy (non-hydrogen) atoms. The molecule has 3 aromatic carbocycles. The predicted octanol–water partition coefficient (Wildman–Crippen LogP) is 4.26. The van der Waals surface area contributed by atoms with E-state index in [9.17, 15) is 19.7 Å². The summed E-state index contributed by atoms with van der Waals surface area (Å²) in [6, 6.07) is 18.7. The third-order valence-corrected chi connectivity index (χ3v) is 4.31. The van der Waals surface area contributed by atoms with E-state index in [1.54, 1.807) is 42.5 Å². The van der Waals surface area contributed by atoms with E-state index in [1.807, 2.05) is 0 Å². The van der Waals surface area contributed by atoms with Crippen LogP contribution in [0.3, 0.4) is 0 Å². The molecular weight excluding hydrogens is 408 g/mol. The molecule has 3 rings (SSSR count). The van der Waals surface area contributed by atoms with Crippen LogP contribution >= 0.6 is 11.6 Å². The van der Waals surface area contributed by atoms with Gasteiger partial charge >= 0.3 is 0 Å². The Morgan fingerprint density at radius 1 is 0.967 bits per heavy atom. The van der Waals surface area contributed by atoms with Crippen LogP contribution in [-0.4, -0.2) is 23.0 Å². The van der Waals surface area contributed by atoms with Gasteiger partial charge in [-0.15, -0.1) is 0 Å². The number of nitrogens with one attached hydrogen (secondary N) is 2. The maximum atomic E-state index is 12.3. The largest absolute Gasteiger partial charge is 0.322 e. The highest BCUT2D eigenvalue weighted by Gasteiger charge is 2.10. The number of benzene rings is 3. The molecule has 0 unspecified atom stereocenters. The minimum atomic E-state index is -0.512. The van der Waals surface area contributed by atoms with E-state index in [-0.39, 0.29) is 11.6 Å². The Balaban J connectivity index is 1.60. The topological polar surface area (TPSA) is 114 Å². The maximum absolute atomic E-state index is 12.3. The molecule has 0 spiro atoms. The van der Waals surface area contributed by atoms with Crippen molar-refractivity contribution in [3.8, 4) is 0 Å². The molecule has 0 heterocycles. The molecule has 0 fully saturated rings. The number of halogens is 1. The summed E-state index contributed by atoms with van der Waals surface area (Å²) in [5.74, 6) is -0.833. The quantitative estimate of drug-likeness (QED) is 0.351. The van der Waals surface area contributed by atoms with Crippen LogP contribution in [0.1, 0.15) is 26.3 Å². The Labute approximate surface area is 176 Å². The molecule has 9 heteroatoms. The second-order valence-electron chi connectivity index (χ2n) is 6.06. The molecular formula is C21H15ClN4O4. The fourth-order valence-electron chi connectivity index (χ4n) is 2.50. The SMILES string of the molecule is O=C(N/N=C/c1cccc([N+](=O)[O-])c1)c1ccc(NC(=O)c2ccccc2Cl)cc1. The van der Waals surface area contributed by atoms with E-state index in [0.717, 1.165) is 0 Å². The minimum Gasteiger partial charge on any atom is -0.322 e. The van der Waals surface area contributed by atoms with Gasteiger partial charge in [0.05, 0.1) is 21.7 Å². The number of hydrogen-bond acceptors (Lipinski definition) is 5. The van der Waals surface area contributed by atoms with Gasteiger partial charge in [0.25, 0.3) is 17.5 Å². The maximum Gasteiger partial charge on any atom is 0.271 e. The molecule has 0 aliphatic heterocycles. The first-order valence-electron chi connectivity index (χ1n) is 8.68. The summed E-state index contributed by atoms with van der Waals surface area (Å²) in [4.78, 5) is 34.7. The molecule has 150 valence electrons. The Morgan fingerprint density at radius 3 is 2.40 bits per heavy atom. The Kier molecular flexibility index (Phi) is 6.51. The summed E-state index contributed by atoms with van der Waals surface area (Å²) >= 11 is 6.01. The van der Waals surface area contributed by atoms with Crippen molar-refractivity contribution in [3.05, 3.63) is 105 Å². The van der Waals surface area contributed by atoms with Crippen LogP contribution in [0.25, 0.3) is 0 Å². The van der Waals surface area contributed by atoms with Crippen LogP contribution in [0.4, 0.5) is 11.4 Å². The zero-order chi connectivity index (χ0) is 21.5. The lowest BCUT2D eigenvalue weighted by molar-refractivity contribution is -0.384. The Morgan fingerprint density at radius 2 is 1.70 bits per heavy atom. The number of nitro groups is 1. The van der Waals surface area contributed by atoms with Crippen LogP contribution in [0.5, 0.6) is 0 Å². The smallest absolute Gasteiger partial charge is 0.271 e. The van der Waals surface area contributed by atoms with E-state index < -0.39 is 10.8 Å². The number of nitrogens with zero attached hydrogens (tertiary/aromatic N) is 2. The monoisotopic (exact) mass is 422 g/mol. The van der Waals surface area contributed by atoms with Gasteiger partial charge in [0.2, 0.25) is 0 Å². The van der Waals surface area contributed by atoms with Crippen molar-refractivity contribution in [1.29, 1.82) is 0 Å². The number of carbonyl (C=O) groups excluding carboxylic acids is 2. The van der Waals surface area contributed by atoms with Crippen molar-refractivity contribution in [2.24, 2.45) is 5.10 Å². The van der Waals surface area contributed by atoms with Gasteiger partial charge in [-0.05, 0) is 36.4 Å². The third kappa shape index (κ3) is 5.27. The van der Waals surface area contributed by atoms with E-state index in [0.29, 0.717) is 27.4 Å². The van der Waals surface area contributed by atoms with Gasteiger partial charge < -0.3 is 5.32 Å². The third-order valence-electron chi connectivity index (χ3n) is 3.98. The Bertz CT molecular complexity index is 1130. The summed E-state index contributed by atoms with van der Waals surface area (Å²) in [5, 5.41) is 17.6. The van der Waals surface area contributed by atoms with Crippen LogP contribution in [0.15, 0.2) is 77.9 Å². The summed E-state index contributed by atoms with van der Waals surface area (Å²) in [6.07, 6.45) is 1.31. The van der Waals surface area contributed by atoms with Gasteiger partial charge in [0.1, 0.15) is 0 Å². The van der Waals surface area contributed by atoms with Crippen LogP contribution in [0, 0.1) is 10.1 Å².